The van der Waals surface area contributed by atoms with E-state index in [1.165, 1.54) is 0 Å². The molecule has 0 radical (unpaired) electrons. The Bertz CT molecular complexity index is 493. The van der Waals surface area contributed by atoms with E-state index in [-0.39, 0.29) is 25.3 Å². The number of aryl methyl sites for hydroxylation is 1. The van der Waals surface area contributed by atoms with Crippen LogP contribution in [-0.4, -0.2) is 34.7 Å². The van der Waals surface area contributed by atoms with E-state index in [1.807, 2.05) is 0 Å². The van der Waals surface area contributed by atoms with Gasteiger partial charge in [-0.15, -0.1) is 0 Å². The third-order valence-electron chi connectivity index (χ3n) is 2.66. The maximum absolute atomic E-state index is 11.5. The Balaban J connectivity index is 2.31. The minimum absolute atomic E-state index is 0.0250. The van der Waals surface area contributed by atoms with Gasteiger partial charge >= 0.3 is 5.97 Å². The molecule has 110 valence electrons. The van der Waals surface area contributed by atoms with Crippen molar-refractivity contribution >= 4 is 35.1 Å². The van der Waals surface area contributed by atoms with Crippen molar-refractivity contribution < 1.29 is 19.8 Å². The number of amides is 1. The third kappa shape index (κ3) is 5.77. The lowest BCUT2D eigenvalue weighted by molar-refractivity contribution is -0.147. The summed E-state index contributed by atoms with van der Waals surface area (Å²) < 4.78 is 0. The molecule has 0 bridgehead atoms. The van der Waals surface area contributed by atoms with Gasteiger partial charge in [0.15, 0.2) is 6.10 Å². The zero-order chi connectivity index (χ0) is 15.1. The molecule has 0 saturated heterocycles. The van der Waals surface area contributed by atoms with E-state index in [2.05, 4.69) is 5.32 Å². The quantitative estimate of drug-likeness (QED) is 0.716. The van der Waals surface area contributed by atoms with E-state index >= 15 is 0 Å². The zero-order valence-corrected chi connectivity index (χ0v) is 12.1. The van der Waals surface area contributed by atoms with Gasteiger partial charge in [0.2, 0.25) is 5.91 Å². The van der Waals surface area contributed by atoms with E-state index in [9.17, 15) is 9.59 Å². The van der Waals surface area contributed by atoms with Gasteiger partial charge in [0.25, 0.3) is 0 Å². The number of nitrogens with one attached hydrogen (secondary N) is 1. The van der Waals surface area contributed by atoms with E-state index in [0.717, 1.165) is 5.56 Å². The van der Waals surface area contributed by atoms with Crippen LogP contribution >= 0.6 is 23.2 Å². The predicted molar refractivity (Wildman–Crippen MR) is 76.1 cm³/mol. The van der Waals surface area contributed by atoms with Crippen LogP contribution in [0.3, 0.4) is 0 Å². The summed E-state index contributed by atoms with van der Waals surface area (Å²) in [4.78, 5) is 21.9. The average Bonchev–Trinajstić information content (AvgIpc) is 2.37. The van der Waals surface area contributed by atoms with E-state index in [4.69, 9.17) is 33.4 Å². The van der Waals surface area contributed by atoms with Crippen molar-refractivity contribution in [2.24, 2.45) is 0 Å². The normalized spacial score (nSPS) is 11.9. The molecule has 0 heterocycles. The van der Waals surface area contributed by atoms with Crippen molar-refractivity contribution in [3.63, 3.8) is 0 Å². The molecule has 20 heavy (non-hydrogen) atoms. The second-order valence-corrected chi connectivity index (χ2v) is 5.07. The summed E-state index contributed by atoms with van der Waals surface area (Å²) in [6, 6.07) is 5.07. The van der Waals surface area contributed by atoms with E-state index < -0.39 is 12.1 Å². The summed E-state index contributed by atoms with van der Waals surface area (Å²) in [7, 11) is 0. The number of rotatable bonds is 7. The molecule has 1 rings (SSSR count). The Morgan fingerprint density at radius 3 is 2.60 bits per heavy atom. The molecule has 3 N–H and O–H groups in total. The molecule has 0 saturated carbocycles. The number of aliphatic carboxylic acids is 1. The molecule has 1 atom stereocenters. The van der Waals surface area contributed by atoms with Gasteiger partial charge in [0.05, 0.1) is 0 Å². The molecule has 7 heteroatoms. The van der Waals surface area contributed by atoms with Gasteiger partial charge in [-0.25, -0.2) is 4.79 Å². The summed E-state index contributed by atoms with van der Waals surface area (Å²) in [5.74, 6) is -1.53. The SMILES string of the molecule is O=C(CCc1ccc(Cl)cc1Cl)NCCC(O)C(=O)O. The van der Waals surface area contributed by atoms with Crippen molar-refractivity contribution in [1.82, 2.24) is 5.32 Å². The standard InChI is InChI=1S/C13H15Cl2NO4/c14-9-3-1-8(10(15)7-9)2-4-12(18)16-6-5-11(17)13(19)20/h1,3,7,11,17H,2,4-6H2,(H,16,18)(H,19,20). The van der Waals surface area contributed by atoms with Crippen LogP contribution in [0.5, 0.6) is 0 Å². The average molecular weight is 320 g/mol. The number of aliphatic hydroxyl groups is 1. The van der Waals surface area contributed by atoms with E-state index in [0.29, 0.717) is 16.5 Å². The first-order valence-electron chi connectivity index (χ1n) is 6.01. The lowest BCUT2D eigenvalue weighted by Gasteiger charge is -2.08. The Labute approximate surface area is 126 Å². The van der Waals surface area contributed by atoms with Crippen molar-refractivity contribution in [2.45, 2.75) is 25.4 Å². The molecule has 0 aliphatic heterocycles. The van der Waals surface area contributed by atoms with Crippen molar-refractivity contribution in [3.05, 3.63) is 33.8 Å². The molecule has 1 aromatic rings. The fourth-order valence-corrected chi connectivity index (χ4v) is 2.04. The van der Waals surface area contributed by atoms with Crippen molar-refractivity contribution in [1.29, 1.82) is 0 Å². The summed E-state index contributed by atoms with van der Waals surface area (Å²) in [6.07, 6.45) is -0.794. The third-order valence-corrected chi connectivity index (χ3v) is 3.25. The van der Waals surface area contributed by atoms with Crippen LogP contribution in [0.2, 0.25) is 10.0 Å². The molecule has 0 fully saturated rings. The number of benzene rings is 1. The molecule has 1 aromatic carbocycles. The largest absolute Gasteiger partial charge is 0.479 e. The molecular formula is C13H15Cl2NO4. The zero-order valence-electron chi connectivity index (χ0n) is 10.6. The number of carbonyl (C=O) groups is 2. The Morgan fingerprint density at radius 2 is 2.00 bits per heavy atom. The van der Waals surface area contributed by atoms with Gasteiger partial charge in [-0.1, -0.05) is 29.3 Å². The van der Waals surface area contributed by atoms with Gasteiger partial charge in [0.1, 0.15) is 0 Å². The fraction of sp³-hybridized carbons (Fsp3) is 0.385. The van der Waals surface area contributed by atoms with Crippen molar-refractivity contribution in [3.8, 4) is 0 Å². The van der Waals surface area contributed by atoms with Crippen molar-refractivity contribution in [2.75, 3.05) is 6.54 Å². The van der Waals surface area contributed by atoms with E-state index in [1.54, 1.807) is 18.2 Å². The maximum Gasteiger partial charge on any atom is 0.332 e. The van der Waals surface area contributed by atoms with Gasteiger partial charge in [0, 0.05) is 29.4 Å². The molecular weight excluding hydrogens is 305 g/mol. The first kappa shape index (κ1) is 16.8. The number of hydrogen-bond acceptors (Lipinski definition) is 3. The number of carboxylic acids is 1. The molecule has 5 nitrogen and oxygen atoms in total. The highest BCUT2D eigenvalue weighted by Gasteiger charge is 2.13. The predicted octanol–water partition coefficient (Wildman–Crippen LogP) is 1.88. The van der Waals surface area contributed by atoms with Crippen LogP contribution in [0.15, 0.2) is 18.2 Å². The first-order chi connectivity index (χ1) is 9.40. The van der Waals surface area contributed by atoms with Crippen LogP contribution < -0.4 is 5.32 Å². The fourth-order valence-electron chi connectivity index (χ4n) is 1.53. The van der Waals surface area contributed by atoms with Crippen LogP contribution in [0.25, 0.3) is 0 Å². The minimum atomic E-state index is -1.46. The molecule has 1 unspecified atom stereocenters. The van der Waals surface area contributed by atoms with Crippen LogP contribution in [0, 0.1) is 0 Å². The number of halogens is 2. The highest BCUT2D eigenvalue weighted by molar-refractivity contribution is 6.35. The van der Waals surface area contributed by atoms with Crippen LogP contribution in [0.1, 0.15) is 18.4 Å². The van der Waals surface area contributed by atoms with Gasteiger partial charge in [-0.3, -0.25) is 4.79 Å². The first-order valence-corrected chi connectivity index (χ1v) is 6.77. The molecule has 0 spiro atoms. The summed E-state index contributed by atoms with van der Waals surface area (Å²) in [5.41, 5.74) is 0.816. The molecule has 0 aliphatic carbocycles. The highest BCUT2D eigenvalue weighted by Crippen LogP contribution is 2.21. The molecule has 0 aromatic heterocycles. The number of aliphatic hydroxyl groups excluding tert-OH is 1. The summed E-state index contributed by atoms with van der Waals surface area (Å²) >= 11 is 11.7. The van der Waals surface area contributed by atoms with Gasteiger partial charge < -0.3 is 15.5 Å². The topological polar surface area (TPSA) is 86.6 Å². The van der Waals surface area contributed by atoms with Gasteiger partial charge in [-0.05, 0) is 24.1 Å². The van der Waals surface area contributed by atoms with Gasteiger partial charge in [-0.2, -0.15) is 0 Å². The second kappa shape index (κ2) is 8.09. The minimum Gasteiger partial charge on any atom is -0.479 e. The lowest BCUT2D eigenvalue weighted by atomic mass is 10.1. The summed E-state index contributed by atoms with van der Waals surface area (Å²) in [5, 5.41) is 21.1. The second-order valence-electron chi connectivity index (χ2n) is 4.23. The Morgan fingerprint density at radius 1 is 1.30 bits per heavy atom. The number of carboxylic acid groups (broad SMARTS) is 1. The Hall–Kier alpha value is -1.30. The molecule has 1 amide bonds. The maximum atomic E-state index is 11.5. The molecule has 0 aliphatic rings. The van der Waals surface area contributed by atoms with Crippen LogP contribution in [0.4, 0.5) is 0 Å². The Kier molecular flexibility index (Phi) is 6.78. The number of carbonyl (C=O) groups excluding carboxylic acids is 1. The smallest absolute Gasteiger partial charge is 0.332 e. The lowest BCUT2D eigenvalue weighted by Crippen LogP contribution is -2.30. The number of hydrogen-bond donors (Lipinski definition) is 3. The summed E-state index contributed by atoms with van der Waals surface area (Å²) in [6.45, 7) is 0.112. The highest BCUT2D eigenvalue weighted by atomic mass is 35.5. The van der Waals surface area contributed by atoms with Crippen LogP contribution in [-0.2, 0) is 16.0 Å². The monoisotopic (exact) mass is 319 g/mol.